The van der Waals surface area contributed by atoms with Gasteiger partial charge in [-0.05, 0) is 70.4 Å². The summed E-state index contributed by atoms with van der Waals surface area (Å²) in [6, 6.07) is 0.0679. The van der Waals surface area contributed by atoms with Gasteiger partial charge in [-0.2, -0.15) is 0 Å². The van der Waals surface area contributed by atoms with Crippen molar-refractivity contribution in [1.82, 2.24) is 15.5 Å². The number of hydrogen-bond donors (Lipinski definition) is 2. The highest BCUT2D eigenvalue weighted by Crippen LogP contribution is 2.42. The first kappa shape index (κ1) is 23.3. The molecule has 6 nitrogen and oxygen atoms in total. The Balaban J connectivity index is 0.00000280. The second-order valence-electron chi connectivity index (χ2n) is 8.54. The van der Waals surface area contributed by atoms with Gasteiger partial charge in [0, 0.05) is 19.5 Å². The van der Waals surface area contributed by atoms with Crippen LogP contribution in [0, 0.1) is 11.8 Å². The molecular weight excluding hydrogens is 378 g/mol. The highest BCUT2D eigenvalue weighted by Gasteiger charge is 2.50. The van der Waals surface area contributed by atoms with E-state index in [0.29, 0.717) is 31.4 Å². The monoisotopic (exact) mass is 415 g/mol. The van der Waals surface area contributed by atoms with E-state index in [-0.39, 0.29) is 29.9 Å². The summed E-state index contributed by atoms with van der Waals surface area (Å²) in [7, 11) is 0. The number of piperidine rings is 1. The Bertz CT molecular complexity index is 507. The van der Waals surface area contributed by atoms with Crippen molar-refractivity contribution in [3.63, 3.8) is 0 Å². The molecule has 2 heterocycles. The lowest BCUT2D eigenvalue weighted by Crippen LogP contribution is -2.54. The van der Waals surface area contributed by atoms with Crippen molar-refractivity contribution in [2.75, 3.05) is 32.8 Å². The lowest BCUT2D eigenvalue weighted by molar-refractivity contribution is -0.144. The summed E-state index contributed by atoms with van der Waals surface area (Å²) in [5.41, 5.74) is -0.211. The molecule has 2 saturated heterocycles. The first-order valence-electron chi connectivity index (χ1n) is 11.1. The third kappa shape index (κ3) is 5.53. The van der Waals surface area contributed by atoms with Gasteiger partial charge in [0.15, 0.2) is 0 Å². The van der Waals surface area contributed by atoms with Crippen molar-refractivity contribution >= 4 is 24.4 Å². The van der Waals surface area contributed by atoms with Crippen LogP contribution in [-0.4, -0.2) is 55.2 Å². The van der Waals surface area contributed by atoms with Crippen LogP contribution in [0.15, 0.2) is 0 Å². The van der Waals surface area contributed by atoms with Crippen LogP contribution in [0.4, 0.5) is 4.79 Å². The van der Waals surface area contributed by atoms with E-state index in [0.717, 1.165) is 32.5 Å². The molecule has 3 fully saturated rings. The summed E-state index contributed by atoms with van der Waals surface area (Å²) in [6.07, 6.45) is 10.7. The number of carbonyl (C=O) groups excluding carboxylic acids is 2. The van der Waals surface area contributed by atoms with Crippen LogP contribution < -0.4 is 10.6 Å². The molecule has 7 heteroatoms. The zero-order valence-corrected chi connectivity index (χ0v) is 18.2. The van der Waals surface area contributed by atoms with Gasteiger partial charge >= 0.3 is 12.0 Å². The van der Waals surface area contributed by atoms with E-state index in [4.69, 9.17) is 4.74 Å². The molecule has 0 aromatic rings. The first-order valence-corrected chi connectivity index (χ1v) is 11.1. The van der Waals surface area contributed by atoms with Gasteiger partial charge in [0.25, 0.3) is 0 Å². The third-order valence-corrected chi connectivity index (χ3v) is 6.98. The summed E-state index contributed by atoms with van der Waals surface area (Å²) in [5, 5.41) is 6.54. The summed E-state index contributed by atoms with van der Waals surface area (Å²) >= 11 is 0. The first-order chi connectivity index (χ1) is 13.2. The van der Waals surface area contributed by atoms with Crippen LogP contribution in [0.1, 0.15) is 71.1 Å². The van der Waals surface area contributed by atoms with E-state index in [1.165, 1.54) is 44.9 Å². The standard InChI is InChI=1S/C21H37N3O3.ClH/c1-2-27-19(25)8-12-21(18-6-4-3-5-7-18)16-23-20(26)24(21)15-11-17-9-13-22-14-10-17;/h17-18,22H,2-16H2,1H3,(H,23,26);1H. The van der Waals surface area contributed by atoms with Crippen molar-refractivity contribution in [1.29, 1.82) is 0 Å². The van der Waals surface area contributed by atoms with E-state index >= 15 is 0 Å². The van der Waals surface area contributed by atoms with Gasteiger partial charge in [0.05, 0.1) is 12.1 Å². The molecule has 0 aromatic heterocycles. The quantitative estimate of drug-likeness (QED) is 0.595. The molecule has 0 aromatic carbocycles. The fourth-order valence-corrected chi connectivity index (χ4v) is 5.41. The molecule has 0 bridgehead atoms. The van der Waals surface area contributed by atoms with Gasteiger partial charge in [-0.1, -0.05) is 19.3 Å². The molecule has 3 aliphatic rings. The Morgan fingerprint density at radius 3 is 2.57 bits per heavy atom. The topological polar surface area (TPSA) is 70.7 Å². The van der Waals surface area contributed by atoms with Crippen LogP contribution in [0.3, 0.4) is 0 Å². The molecule has 3 rings (SSSR count). The van der Waals surface area contributed by atoms with Gasteiger partial charge < -0.3 is 20.3 Å². The number of carbonyl (C=O) groups is 2. The summed E-state index contributed by atoms with van der Waals surface area (Å²) in [6.45, 7) is 5.95. The minimum Gasteiger partial charge on any atom is -0.466 e. The fourth-order valence-electron chi connectivity index (χ4n) is 5.41. The average molecular weight is 416 g/mol. The molecule has 2 amide bonds. The van der Waals surface area contributed by atoms with E-state index in [1.54, 1.807) is 0 Å². The average Bonchev–Trinajstić information content (AvgIpc) is 3.03. The molecule has 1 aliphatic carbocycles. The number of nitrogens with zero attached hydrogens (tertiary/aromatic N) is 1. The van der Waals surface area contributed by atoms with E-state index in [1.807, 2.05) is 6.92 Å². The Hall–Kier alpha value is -1.01. The number of hydrogen-bond acceptors (Lipinski definition) is 4. The maximum atomic E-state index is 12.8. The number of esters is 1. The number of halogens is 1. The largest absolute Gasteiger partial charge is 0.466 e. The Morgan fingerprint density at radius 2 is 1.89 bits per heavy atom. The van der Waals surface area contributed by atoms with Crippen molar-refractivity contribution in [3.8, 4) is 0 Å². The lowest BCUT2D eigenvalue weighted by atomic mass is 9.71. The molecule has 1 saturated carbocycles. The maximum absolute atomic E-state index is 12.8. The van der Waals surface area contributed by atoms with Crippen molar-refractivity contribution in [2.45, 2.75) is 76.7 Å². The number of amides is 2. The smallest absolute Gasteiger partial charge is 0.318 e. The Labute approximate surface area is 175 Å². The van der Waals surface area contributed by atoms with Gasteiger partial charge in [-0.15, -0.1) is 12.4 Å². The number of urea groups is 1. The third-order valence-electron chi connectivity index (χ3n) is 6.98. The van der Waals surface area contributed by atoms with E-state index in [9.17, 15) is 9.59 Å². The van der Waals surface area contributed by atoms with Crippen LogP contribution >= 0.6 is 12.4 Å². The number of ether oxygens (including phenoxy) is 1. The summed E-state index contributed by atoms with van der Waals surface area (Å²) in [4.78, 5) is 26.9. The minimum absolute atomic E-state index is 0. The second kappa shape index (κ2) is 11.2. The van der Waals surface area contributed by atoms with Crippen LogP contribution in [0.2, 0.25) is 0 Å². The molecule has 2 N–H and O–H groups in total. The molecule has 162 valence electrons. The fraction of sp³-hybridized carbons (Fsp3) is 0.905. The number of nitrogens with one attached hydrogen (secondary N) is 2. The summed E-state index contributed by atoms with van der Waals surface area (Å²) < 4.78 is 5.18. The maximum Gasteiger partial charge on any atom is 0.318 e. The SMILES string of the molecule is CCOC(=O)CCC1(C2CCCCC2)CNC(=O)N1CCC1CCNCC1.Cl. The van der Waals surface area contributed by atoms with Crippen molar-refractivity contribution in [2.24, 2.45) is 11.8 Å². The van der Waals surface area contributed by atoms with Gasteiger partial charge in [0.2, 0.25) is 0 Å². The zero-order valence-electron chi connectivity index (χ0n) is 17.3. The molecular formula is C21H38ClN3O3. The summed E-state index contributed by atoms with van der Waals surface area (Å²) in [5.74, 6) is 1.06. The van der Waals surface area contributed by atoms with Crippen LogP contribution in [0.5, 0.6) is 0 Å². The van der Waals surface area contributed by atoms with E-state index < -0.39 is 0 Å². The Morgan fingerprint density at radius 1 is 1.18 bits per heavy atom. The normalized spacial score (nSPS) is 26.6. The lowest BCUT2D eigenvalue weighted by Gasteiger charge is -2.45. The molecule has 1 unspecified atom stereocenters. The predicted molar refractivity (Wildman–Crippen MR) is 113 cm³/mol. The molecule has 2 aliphatic heterocycles. The number of rotatable bonds is 8. The minimum atomic E-state index is -0.211. The second-order valence-corrected chi connectivity index (χ2v) is 8.54. The zero-order chi connectivity index (χ0) is 19.1. The molecule has 28 heavy (non-hydrogen) atoms. The van der Waals surface area contributed by atoms with Gasteiger partial charge in [0.1, 0.15) is 0 Å². The van der Waals surface area contributed by atoms with Gasteiger partial charge in [-0.25, -0.2) is 4.79 Å². The highest BCUT2D eigenvalue weighted by molar-refractivity contribution is 5.85. The molecule has 0 radical (unpaired) electrons. The van der Waals surface area contributed by atoms with Gasteiger partial charge in [-0.3, -0.25) is 4.79 Å². The molecule has 0 spiro atoms. The highest BCUT2D eigenvalue weighted by atomic mass is 35.5. The predicted octanol–water partition coefficient (Wildman–Crippen LogP) is 3.49. The van der Waals surface area contributed by atoms with Crippen LogP contribution in [0.25, 0.3) is 0 Å². The molecule has 1 atom stereocenters. The van der Waals surface area contributed by atoms with E-state index in [2.05, 4.69) is 15.5 Å². The van der Waals surface area contributed by atoms with Crippen molar-refractivity contribution in [3.05, 3.63) is 0 Å². The van der Waals surface area contributed by atoms with Crippen molar-refractivity contribution < 1.29 is 14.3 Å². The van der Waals surface area contributed by atoms with Crippen LogP contribution in [-0.2, 0) is 9.53 Å². The Kier molecular flexibility index (Phi) is 9.35.